The van der Waals surface area contributed by atoms with Crippen LogP contribution in [0.4, 0.5) is 4.79 Å². The minimum absolute atomic E-state index is 0.0454. The van der Waals surface area contributed by atoms with Crippen molar-refractivity contribution in [2.45, 2.75) is 25.5 Å². The fourth-order valence-corrected chi connectivity index (χ4v) is 2.62. The summed E-state index contributed by atoms with van der Waals surface area (Å²) in [6, 6.07) is 2.37. The van der Waals surface area contributed by atoms with Gasteiger partial charge >= 0.3 is 17.8 Å². The third-order valence-electron chi connectivity index (χ3n) is 3.88. The number of hydrogen-bond donors (Lipinski definition) is 1. The minimum atomic E-state index is -1.01. The van der Waals surface area contributed by atoms with Gasteiger partial charge in [-0.25, -0.2) is 14.6 Å². The maximum Gasteiger partial charge on any atom is 0.335 e. The largest absolute Gasteiger partial charge is 0.467 e. The second-order valence-corrected chi connectivity index (χ2v) is 5.58. The van der Waals surface area contributed by atoms with Crippen molar-refractivity contribution in [2.24, 2.45) is 0 Å². The van der Waals surface area contributed by atoms with Crippen LogP contribution < -0.4 is 5.32 Å². The van der Waals surface area contributed by atoms with Crippen LogP contribution in [0.1, 0.15) is 18.6 Å². The highest BCUT2D eigenvalue weighted by atomic mass is 16.5. The Morgan fingerprint density at radius 1 is 1.25 bits per heavy atom. The predicted octanol–water partition coefficient (Wildman–Crippen LogP) is -0.134. The maximum absolute atomic E-state index is 12.2. The standard InChI is InChI=1S/C15H17N3O6/c19-12(16-7-10-3-1-5-23-10)9-18-14(21)13(20)17(15(18)22)8-11-4-2-6-24-11/h2,4,6,10H,1,3,5,7-9H2,(H,16,19)/t10-/m0/s1. The number of hydrogen-bond acceptors (Lipinski definition) is 6. The molecule has 0 saturated carbocycles. The number of amides is 5. The Morgan fingerprint density at radius 3 is 2.71 bits per heavy atom. The van der Waals surface area contributed by atoms with Gasteiger partial charge < -0.3 is 14.5 Å². The third-order valence-corrected chi connectivity index (χ3v) is 3.88. The van der Waals surface area contributed by atoms with E-state index in [1.165, 1.54) is 6.26 Å². The van der Waals surface area contributed by atoms with Crippen LogP contribution in [0.2, 0.25) is 0 Å². The number of nitrogens with zero attached hydrogens (tertiary/aromatic N) is 2. The lowest BCUT2D eigenvalue weighted by atomic mass is 10.2. The number of ether oxygens (including phenoxy) is 1. The molecule has 0 unspecified atom stereocenters. The molecule has 2 aliphatic heterocycles. The van der Waals surface area contributed by atoms with E-state index in [9.17, 15) is 19.2 Å². The lowest BCUT2D eigenvalue weighted by molar-refractivity contribution is -0.144. The van der Waals surface area contributed by atoms with Gasteiger partial charge in [0.15, 0.2) is 0 Å². The molecule has 0 aromatic carbocycles. The second-order valence-electron chi connectivity index (χ2n) is 5.58. The summed E-state index contributed by atoms with van der Waals surface area (Å²) in [7, 11) is 0. The van der Waals surface area contributed by atoms with E-state index in [-0.39, 0.29) is 12.6 Å². The molecule has 1 aromatic rings. The molecular formula is C15H17N3O6. The molecule has 3 rings (SSSR count). The first kappa shape index (κ1) is 16.2. The molecule has 2 aliphatic rings. The monoisotopic (exact) mass is 335 g/mol. The van der Waals surface area contributed by atoms with Crippen LogP contribution in [0.25, 0.3) is 0 Å². The molecule has 9 heteroatoms. The van der Waals surface area contributed by atoms with E-state index in [1.807, 2.05) is 0 Å². The van der Waals surface area contributed by atoms with Gasteiger partial charge in [-0.3, -0.25) is 14.4 Å². The van der Waals surface area contributed by atoms with Gasteiger partial charge in [0, 0.05) is 13.2 Å². The molecule has 0 radical (unpaired) electrons. The van der Waals surface area contributed by atoms with Crippen molar-refractivity contribution in [1.29, 1.82) is 0 Å². The van der Waals surface area contributed by atoms with Gasteiger partial charge in [0.1, 0.15) is 12.3 Å². The molecule has 2 saturated heterocycles. The van der Waals surface area contributed by atoms with Crippen molar-refractivity contribution >= 4 is 23.8 Å². The highest BCUT2D eigenvalue weighted by Gasteiger charge is 2.45. The number of urea groups is 1. The first-order valence-electron chi connectivity index (χ1n) is 7.64. The highest BCUT2D eigenvalue weighted by molar-refractivity contribution is 6.44. The zero-order chi connectivity index (χ0) is 17.1. The van der Waals surface area contributed by atoms with Crippen LogP contribution in [0.3, 0.4) is 0 Å². The quantitative estimate of drug-likeness (QED) is 0.573. The van der Waals surface area contributed by atoms with Gasteiger partial charge in [-0.2, -0.15) is 0 Å². The lowest BCUT2D eigenvalue weighted by Gasteiger charge is -2.15. The fraction of sp³-hybridized carbons (Fsp3) is 0.467. The van der Waals surface area contributed by atoms with Crippen LogP contribution in [-0.4, -0.2) is 59.4 Å². The Kier molecular flexibility index (Phi) is 4.61. The van der Waals surface area contributed by atoms with Gasteiger partial charge in [0.25, 0.3) is 0 Å². The summed E-state index contributed by atoms with van der Waals surface area (Å²) in [4.78, 5) is 49.4. The molecule has 1 aromatic heterocycles. The van der Waals surface area contributed by atoms with Crippen LogP contribution in [0.5, 0.6) is 0 Å². The highest BCUT2D eigenvalue weighted by Crippen LogP contribution is 2.16. The van der Waals surface area contributed by atoms with E-state index in [4.69, 9.17) is 9.15 Å². The van der Waals surface area contributed by atoms with E-state index in [1.54, 1.807) is 12.1 Å². The van der Waals surface area contributed by atoms with Gasteiger partial charge in [-0.15, -0.1) is 0 Å². The Morgan fingerprint density at radius 2 is 2.04 bits per heavy atom. The summed E-state index contributed by atoms with van der Waals surface area (Å²) in [5.41, 5.74) is 0. The number of rotatable bonds is 6. The molecule has 0 bridgehead atoms. The SMILES string of the molecule is O=C(CN1C(=O)C(=O)N(Cc2ccco2)C1=O)NC[C@@H]1CCCO1. The summed E-state index contributed by atoms with van der Waals surface area (Å²) in [6.07, 6.45) is 3.16. The average Bonchev–Trinajstić information content (AvgIpc) is 3.30. The molecule has 9 nitrogen and oxygen atoms in total. The van der Waals surface area contributed by atoms with Crippen molar-refractivity contribution in [2.75, 3.05) is 19.7 Å². The maximum atomic E-state index is 12.2. The number of carbonyl (C=O) groups is 4. The number of nitrogens with one attached hydrogen (secondary N) is 1. The molecule has 1 N–H and O–H groups in total. The van der Waals surface area contributed by atoms with Crippen LogP contribution in [0.15, 0.2) is 22.8 Å². The van der Waals surface area contributed by atoms with Crippen molar-refractivity contribution in [3.63, 3.8) is 0 Å². The fourth-order valence-electron chi connectivity index (χ4n) is 2.62. The van der Waals surface area contributed by atoms with E-state index >= 15 is 0 Å². The van der Waals surface area contributed by atoms with Crippen LogP contribution in [-0.2, 0) is 25.7 Å². The predicted molar refractivity (Wildman–Crippen MR) is 78.4 cm³/mol. The average molecular weight is 335 g/mol. The summed E-state index contributed by atoms with van der Waals surface area (Å²) in [5, 5.41) is 2.61. The second kappa shape index (κ2) is 6.83. The smallest absolute Gasteiger partial charge is 0.335 e. The van der Waals surface area contributed by atoms with Crippen molar-refractivity contribution < 1.29 is 28.3 Å². The molecule has 0 spiro atoms. The van der Waals surface area contributed by atoms with Crippen molar-refractivity contribution in [1.82, 2.24) is 15.1 Å². The summed E-state index contributed by atoms with van der Waals surface area (Å²) in [5.74, 6) is -2.13. The Bertz CT molecular complexity index is 650. The zero-order valence-electron chi connectivity index (χ0n) is 12.9. The zero-order valence-corrected chi connectivity index (χ0v) is 12.9. The van der Waals surface area contributed by atoms with Crippen molar-refractivity contribution in [3.05, 3.63) is 24.2 Å². The molecule has 0 aliphatic carbocycles. The topological polar surface area (TPSA) is 109 Å². The molecule has 3 heterocycles. The normalized spacial score (nSPS) is 21.0. The minimum Gasteiger partial charge on any atom is -0.467 e. The van der Waals surface area contributed by atoms with Crippen LogP contribution >= 0.6 is 0 Å². The number of imide groups is 2. The summed E-state index contributed by atoms with van der Waals surface area (Å²) in [6.45, 7) is 0.341. The molecular weight excluding hydrogens is 318 g/mol. The van der Waals surface area contributed by atoms with Gasteiger partial charge in [-0.1, -0.05) is 0 Å². The van der Waals surface area contributed by atoms with E-state index in [0.29, 0.717) is 23.8 Å². The Balaban J connectivity index is 1.56. The summed E-state index contributed by atoms with van der Waals surface area (Å²) < 4.78 is 10.4. The van der Waals surface area contributed by atoms with Crippen molar-refractivity contribution in [3.8, 4) is 0 Å². The van der Waals surface area contributed by atoms with E-state index in [0.717, 1.165) is 17.7 Å². The van der Waals surface area contributed by atoms with Gasteiger partial charge in [0.05, 0.1) is 18.9 Å². The molecule has 5 amide bonds. The Labute approximate surface area is 137 Å². The first-order chi connectivity index (χ1) is 11.6. The first-order valence-corrected chi connectivity index (χ1v) is 7.64. The third kappa shape index (κ3) is 3.30. The number of carbonyl (C=O) groups excluding carboxylic acids is 4. The van der Waals surface area contributed by atoms with Gasteiger partial charge in [0.2, 0.25) is 5.91 Å². The Hall–Kier alpha value is -2.68. The summed E-state index contributed by atoms with van der Waals surface area (Å²) >= 11 is 0. The molecule has 2 fully saturated rings. The van der Waals surface area contributed by atoms with Gasteiger partial charge in [-0.05, 0) is 25.0 Å². The number of furan rings is 1. The molecule has 24 heavy (non-hydrogen) atoms. The molecule has 128 valence electrons. The van der Waals surface area contributed by atoms with E-state index < -0.39 is 30.3 Å². The van der Waals surface area contributed by atoms with Crippen LogP contribution in [0, 0.1) is 0 Å². The van der Waals surface area contributed by atoms with E-state index in [2.05, 4.69) is 5.32 Å². The molecule has 1 atom stereocenters. The lowest BCUT2D eigenvalue weighted by Crippen LogP contribution is -2.43.